The summed E-state index contributed by atoms with van der Waals surface area (Å²) >= 11 is 1.34. The van der Waals surface area contributed by atoms with Gasteiger partial charge in [-0.25, -0.2) is 4.79 Å². The summed E-state index contributed by atoms with van der Waals surface area (Å²) < 4.78 is 4.96. The molecule has 0 aliphatic heterocycles. The zero-order valence-corrected chi connectivity index (χ0v) is 15.9. The largest absolute Gasteiger partial charge is 0.462 e. The monoisotopic (exact) mass is 394 g/mol. The molecule has 0 bridgehead atoms. The summed E-state index contributed by atoms with van der Waals surface area (Å²) in [5.41, 5.74) is 1.73. The predicted molar refractivity (Wildman–Crippen MR) is 109 cm³/mol. The molecule has 0 radical (unpaired) electrons. The molecule has 1 heterocycles. The van der Waals surface area contributed by atoms with Crippen LogP contribution in [0.15, 0.2) is 66.0 Å². The van der Waals surface area contributed by atoms with Gasteiger partial charge in [0, 0.05) is 16.9 Å². The Morgan fingerprint density at radius 3 is 2.14 bits per heavy atom. The molecule has 0 aliphatic rings. The summed E-state index contributed by atoms with van der Waals surface area (Å²) in [5.74, 6) is -1.03. The summed E-state index contributed by atoms with van der Waals surface area (Å²) in [6, 6.07) is 16.7. The third kappa shape index (κ3) is 4.83. The van der Waals surface area contributed by atoms with E-state index in [0.717, 1.165) is 0 Å². The average molecular weight is 394 g/mol. The Hall–Kier alpha value is -3.45. The number of amides is 2. The lowest BCUT2D eigenvalue weighted by Gasteiger charge is -2.09. The van der Waals surface area contributed by atoms with Crippen molar-refractivity contribution in [3.63, 3.8) is 0 Å². The Balaban J connectivity index is 1.70. The SMILES string of the molecule is CCOC(=O)c1cccc(NC(=O)c2cccc(NC(=O)c3cccs3)c2)c1. The van der Waals surface area contributed by atoms with Crippen LogP contribution < -0.4 is 10.6 Å². The van der Waals surface area contributed by atoms with Crippen LogP contribution >= 0.6 is 11.3 Å². The van der Waals surface area contributed by atoms with E-state index in [4.69, 9.17) is 4.74 Å². The maximum atomic E-state index is 12.5. The first kappa shape index (κ1) is 19.3. The highest BCUT2D eigenvalue weighted by atomic mass is 32.1. The van der Waals surface area contributed by atoms with Gasteiger partial charge in [0.25, 0.3) is 11.8 Å². The van der Waals surface area contributed by atoms with E-state index in [1.165, 1.54) is 11.3 Å². The topological polar surface area (TPSA) is 84.5 Å². The number of esters is 1. The van der Waals surface area contributed by atoms with Crippen LogP contribution in [0.5, 0.6) is 0 Å². The lowest BCUT2D eigenvalue weighted by molar-refractivity contribution is 0.0526. The number of thiophene rings is 1. The van der Waals surface area contributed by atoms with Crippen LogP contribution in [-0.4, -0.2) is 24.4 Å². The van der Waals surface area contributed by atoms with Crippen molar-refractivity contribution in [2.75, 3.05) is 17.2 Å². The molecule has 28 heavy (non-hydrogen) atoms. The lowest BCUT2D eigenvalue weighted by atomic mass is 10.1. The van der Waals surface area contributed by atoms with Crippen molar-refractivity contribution in [1.82, 2.24) is 0 Å². The molecule has 1 aromatic heterocycles. The Labute approximate surface area is 166 Å². The van der Waals surface area contributed by atoms with E-state index in [-0.39, 0.29) is 18.4 Å². The Kier molecular flexibility index (Phi) is 6.18. The van der Waals surface area contributed by atoms with Crippen molar-refractivity contribution in [2.45, 2.75) is 6.92 Å². The van der Waals surface area contributed by atoms with Crippen molar-refractivity contribution < 1.29 is 19.1 Å². The maximum Gasteiger partial charge on any atom is 0.338 e. The highest BCUT2D eigenvalue weighted by Gasteiger charge is 2.12. The van der Waals surface area contributed by atoms with E-state index >= 15 is 0 Å². The fourth-order valence-corrected chi connectivity index (χ4v) is 3.10. The number of anilines is 2. The number of hydrogen-bond acceptors (Lipinski definition) is 5. The Morgan fingerprint density at radius 1 is 0.857 bits per heavy atom. The van der Waals surface area contributed by atoms with Crippen LogP contribution in [0.25, 0.3) is 0 Å². The van der Waals surface area contributed by atoms with E-state index in [9.17, 15) is 14.4 Å². The highest BCUT2D eigenvalue weighted by Crippen LogP contribution is 2.17. The molecule has 3 rings (SSSR count). The number of benzene rings is 2. The number of carbonyl (C=O) groups excluding carboxylic acids is 3. The molecule has 2 amide bonds. The van der Waals surface area contributed by atoms with E-state index in [0.29, 0.717) is 27.4 Å². The van der Waals surface area contributed by atoms with Crippen LogP contribution in [-0.2, 0) is 4.74 Å². The Morgan fingerprint density at radius 2 is 1.50 bits per heavy atom. The standard InChI is InChI=1S/C21H18N2O4S/c1-2-27-21(26)15-7-4-9-17(13-15)22-19(24)14-6-3-8-16(12-14)23-20(25)18-10-5-11-28-18/h3-13H,2H2,1H3,(H,22,24)(H,23,25). The zero-order valence-electron chi connectivity index (χ0n) is 15.1. The molecular formula is C21H18N2O4S. The zero-order chi connectivity index (χ0) is 19.9. The van der Waals surface area contributed by atoms with E-state index in [2.05, 4.69) is 10.6 Å². The highest BCUT2D eigenvalue weighted by molar-refractivity contribution is 7.12. The minimum absolute atomic E-state index is 0.227. The quantitative estimate of drug-likeness (QED) is 0.606. The molecule has 0 spiro atoms. The second-order valence-corrected chi connectivity index (χ2v) is 6.72. The maximum absolute atomic E-state index is 12.5. The smallest absolute Gasteiger partial charge is 0.338 e. The van der Waals surface area contributed by atoms with Crippen LogP contribution in [0.1, 0.15) is 37.3 Å². The molecule has 0 unspecified atom stereocenters. The number of nitrogens with one attached hydrogen (secondary N) is 2. The van der Waals surface area contributed by atoms with Gasteiger partial charge in [0.1, 0.15) is 0 Å². The first-order valence-electron chi connectivity index (χ1n) is 8.60. The molecule has 2 N–H and O–H groups in total. The van der Waals surface area contributed by atoms with E-state index in [1.807, 2.05) is 5.38 Å². The molecule has 7 heteroatoms. The first-order chi connectivity index (χ1) is 13.6. The van der Waals surface area contributed by atoms with Crippen LogP contribution in [0.3, 0.4) is 0 Å². The van der Waals surface area contributed by atoms with Gasteiger partial charge in [0.2, 0.25) is 0 Å². The summed E-state index contributed by atoms with van der Waals surface area (Å²) in [6.07, 6.45) is 0. The van der Waals surface area contributed by atoms with Gasteiger partial charge in [-0.05, 0) is 54.8 Å². The van der Waals surface area contributed by atoms with Gasteiger partial charge in [0.15, 0.2) is 0 Å². The molecule has 3 aromatic rings. The van der Waals surface area contributed by atoms with Gasteiger partial charge in [-0.3, -0.25) is 9.59 Å². The van der Waals surface area contributed by atoms with Gasteiger partial charge in [-0.15, -0.1) is 11.3 Å². The lowest BCUT2D eigenvalue weighted by Crippen LogP contribution is -2.14. The third-order valence-electron chi connectivity index (χ3n) is 3.76. The van der Waals surface area contributed by atoms with Crippen molar-refractivity contribution in [1.29, 1.82) is 0 Å². The molecule has 0 saturated carbocycles. The second-order valence-electron chi connectivity index (χ2n) is 5.77. The third-order valence-corrected chi connectivity index (χ3v) is 4.63. The molecule has 0 aliphatic carbocycles. The van der Waals surface area contributed by atoms with Crippen LogP contribution in [0.4, 0.5) is 11.4 Å². The molecule has 0 saturated heterocycles. The fraction of sp³-hybridized carbons (Fsp3) is 0.0952. The molecule has 6 nitrogen and oxygen atoms in total. The number of hydrogen-bond donors (Lipinski definition) is 2. The molecule has 0 fully saturated rings. The first-order valence-corrected chi connectivity index (χ1v) is 9.48. The summed E-state index contributed by atoms with van der Waals surface area (Å²) in [5, 5.41) is 7.34. The number of carbonyl (C=O) groups is 3. The predicted octanol–water partition coefficient (Wildman–Crippen LogP) is 4.43. The molecule has 142 valence electrons. The molecule has 2 aromatic carbocycles. The average Bonchev–Trinajstić information content (AvgIpc) is 3.23. The summed E-state index contributed by atoms with van der Waals surface area (Å²) in [4.78, 5) is 37.1. The Bertz CT molecular complexity index is 999. The van der Waals surface area contributed by atoms with Gasteiger partial charge in [-0.2, -0.15) is 0 Å². The number of ether oxygens (including phenoxy) is 1. The van der Waals surface area contributed by atoms with Gasteiger partial charge in [-0.1, -0.05) is 18.2 Å². The summed E-state index contributed by atoms with van der Waals surface area (Å²) in [7, 11) is 0. The molecular weight excluding hydrogens is 376 g/mol. The fourth-order valence-electron chi connectivity index (χ4n) is 2.48. The molecule has 0 atom stereocenters. The van der Waals surface area contributed by atoms with E-state index < -0.39 is 5.97 Å². The minimum Gasteiger partial charge on any atom is -0.462 e. The minimum atomic E-state index is -0.447. The van der Waals surface area contributed by atoms with Crippen molar-refractivity contribution in [3.05, 3.63) is 82.0 Å². The van der Waals surface area contributed by atoms with Crippen molar-refractivity contribution >= 4 is 40.5 Å². The summed E-state index contributed by atoms with van der Waals surface area (Å²) in [6.45, 7) is 2.01. The van der Waals surface area contributed by atoms with Gasteiger partial charge >= 0.3 is 5.97 Å². The number of rotatable bonds is 6. The van der Waals surface area contributed by atoms with E-state index in [1.54, 1.807) is 67.6 Å². The van der Waals surface area contributed by atoms with Gasteiger partial charge < -0.3 is 15.4 Å². The van der Waals surface area contributed by atoms with Crippen LogP contribution in [0.2, 0.25) is 0 Å². The van der Waals surface area contributed by atoms with Crippen LogP contribution in [0, 0.1) is 0 Å². The van der Waals surface area contributed by atoms with Gasteiger partial charge in [0.05, 0.1) is 17.0 Å². The van der Waals surface area contributed by atoms with Crippen molar-refractivity contribution in [2.24, 2.45) is 0 Å². The normalized spacial score (nSPS) is 10.2. The second kappa shape index (κ2) is 8.96. The van der Waals surface area contributed by atoms with Crippen molar-refractivity contribution in [3.8, 4) is 0 Å².